The van der Waals surface area contributed by atoms with Gasteiger partial charge in [0.15, 0.2) is 0 Å². The van der Waals surface area contributed by atoms with Crippen LogP contribution in [0.4, 0.5) is 11.4 Å². The number of anilines is 2. The number of halogens is 2. The first-order valence-corrected chi connectivity index (χ1v) is 13.0. The minimum Gasteiger partial charge on any atom is -0.381 e. The Morgan fingerprint density at radius 1 is 0.946 bits per heavy atom. The topological polar surface area (TPSA) is 64.3 Å². The zero-order chi connectivity index (χ0) is 25.4. The van der Waals surface area contributed by atoms with E-state index < -0.39 is 0 Å². The lowest BCUT2D eigenvalue weighted by Crippen LogP contribution is -2.23. The van der Waals surface area contributed by atoms with Gasteiger partial charge in [-0.15, -0.1) is 0 Å². The van der Waals surface area contributed by atoms with E-state index in [4.69, 9.17) is 37.9 Å². The second-order valence-corrected chi connectivity index (χ2v) is 9.94. The van der Waals surface area contributed by atoms with Crippen molar-refractivity contribution >= 4 is 45.6 Å². The van der Waals surface area contributed by atoms with Crippen molar-refractivity contribution in [2.45, 2.75) is 25.8 Å². The van der Waals surface area contributed by atoms with Gasteiger partial charge in [0.1, 0.15) is 0 Å². The molecule has 6 nitrogen and oxygen atoms in total. The number of benzene rings is 3. The maximum Gasteiger partial charge on any atom is 0.0900 e. The lowest BCUT2D eigenvalue weighted by molar-refractivity contribution is 0.0864. The number of pyridine rings is 1. The van der Waals surface area contributed by atoms with E-state index >= 15 is 0 Å². The second kappa shape index (κ2) is 10.1. The van der Waals surface area contributed by atoms with Crippen LogP contribution in [0.1, 0.15) is 18.5 Å². The van der Waals surface area contributed by atoms with Gasteiger partial charge in [0, 0.05) is 25.1 Å². The molecule has 3 aromatic rings. The largest absolute Gasteiger partial charge is 0.381 e. The minimum absolute atomic E-state index is 0.189. The molecule has 1 aromatic heterocycles. The van der Waals surface area contributed by atoms with E-state index in [-0.39, 0.29) is 6.04 Å². The molecule has 37 heavy (non-hydrogen) atoms. The lowest BCUT2D eigenvalue weighted by Gasteiger charge is -2.22. The summed E-state index contributed by atoms with van der Waals surface area (Å²) in [6.07, 6.45) is 3.58. The van der Waals surface area contributed by atoms with Gasteiger partial charge in [0.05, 0.1) is 60.9 Å². The molecule has 0 atom stereocenters. The molecule has 3 heterocycles. The summed E-state index contributed by atoms with van der Waals surface area (Å²) in [6.45, 7) is 3.44. The third kappa shape index (κ3) is 4.80. The highest BCUT2D eigenvalue weighted by Crippen LogP contribution is 2.33. The average Bonchev–Trinajstić information content (AvgIpc) is 2.91. The molecule has 0 radical (unpaired) electrons. The first kappa shape index (κ1) is 23.9. The molecule has 2 aliphatic heterocycles. The Balaban J connectivity index is 1.64. The summed E-state index contributed by atoms with van der Waals surface area (Å²) in [5.41, 5.74) is 7.24. The SMILES string of the molecule is Cc1ncccc1Nc1cc2nc3ccccc3n(-c3ccc(Cl)c(Cl)c3)c-2cc1=NC1CCOCC1. The third-order valence-corrected chi connectivity index (χ3v) is 7.39. The summed E-state index contributed by atoms with van der Waals surface area (Å²) in [5.74, 6) is 0. The highest BCUT2D eigenvalue weighted by Gasteiger charge is 2.19. The molecule has 0 amide bonds. The van der Waals surface area contributed by atoms with Crippen molar-refractivity contribution in [2.24, 2.45) is 4.99 Å². The molecule has 0 spiro atoms. The van der Waals surface area contributed by atoms with Crippen LogP contribution in [-0.4, -0.2) is 33.8 Å². The number of hydrogen-bond acceptors (Lipinski definition) is 5. The van der Waals surface area contributed by atoms with Crippen LogP contribution in [0.3, 0.4) is 0 Å². The summed E-state index contributed by atoms with van der Waals surface area (Å²) < 4.78 is 7.74. The van der Waals surface area contributed by atoms with Gasteiger partial charge in [-0.2, -0.15) is 0 Å². The number of rotatable bonds is 4. The predicted molar refractivity (Wildman–Crippen MR) is 149 cm³/mol. The summed E-state index contributed by atoms with van der Waals surface area (Å²) >= 11 is 12.7. The van der Waals surface area contributed by atoms with E-state index in [0.717, 1.165) is 76.6 Å². The summed E-state index contributed by atoms with van der Waals surface area (Å²) in [5, 5.41) is 5.45. The van der Waals surface area contributed by atoms with Crippen molar-refractivity contribution in [3.63, 3.8) is 0 Å². The average molecular weight is 530 g/mol. The van der Waals surface area contributed by atoms with Gasteiger partial charge in [-0.3, -0.25) is 9.98 Å². The molecule has 3 aliphatic rings. The highest BCUT2D eigenvalue weighted by atomic mass is 35.5. The lowest BCUT2D eigenvalue weighted by atomic mass is 10.1. The fourth-order valence-corrected chi connectivity index (χ4v) is 5.02. The first-order chi connectivity index (χ1) is 18.1. The Kier molecular flexibility index (Phi) is 6.55. The summed E-state index contributed by atoms with van der Waals surface area (Å²) in [4.78, 5) is 14.6. The van der Waals surface area contributed by atoms with Crippen LogP contribution in [0.25, 0.3) is 28.1 Å². The molecule has 6 rings (SSSR count). The molecule has 1 fully saturated rings. The Morgan fingerprint density at radius 2 is 1.78 bits per heavy atom. The third-order valence-electron chi connectivity index (χ3n) is 6.65. The zero-order valence-electron chi connectivity index (χ0n) is 20.3. The van der Waals surface area contributed by atoms with Gasteiger partial charge in [0.25, 0.3) is 0 Å². The standard InChI is InChI=1S/C29H25Cl2N5O/c1-18-23(6-4-12-32-18)34-25-16-27-29(17-26(25)33-19-10-13-37-14-11-19)36(20-8-9-21(30)22(31)15-20)28-7-3-2-5-24(28)35-27/h2-9,12,15-17,19,34H,10-11,13-14H2,1H3. The Morgan fingerprint density at radius 3 is 2.59 bits per heavy atom. The van der Waals surface area contributed by atoms with E-state index in [1.54, 1.807) is 6.20 Å². The molecule has 0 unspecified atom stereocenters. The zero-order valence-corrected chi connectivity index (χ0v) is 21.8. The smallest absolute Gasteiger partial charge is 0.0900 e. The molecule has 1 aliphatic carbocycles. The van der Waals surface area contributed by atoms with Gasteiger partial charge >= 0.3 is 0 Å². The monoisotopic (exact) mass is 529 g/mol. The van der Waals surface area contributed by atoms with Gasteiger partial charge in [0.2, 0.25) is 0 Å². The van der Waals surface area contributed by atoms with E-state index in [2.05, 4.69) is 33.1 Å². The van der Waals surface area contributed by atoms with Crippen LogP contribution in [0, 0.1) is 6.92 Å². The van der Waals surface area contributed by atoms with E-state index in [1.165, 1.54) is 0 Å². The van der Waals surface area contributed by atoms with Crippen LogP contribution < -0.4 is 10.7 Å². The maximum absolute atomic E-state index is 6.45. The fraction of sp³-hybridized carbons (Fsp3) is 0.207. The second-order valence-electron chi connectivity index (χ2n) is 9.13. The van der Waals surface area contributed by atoms with Gasteiger partial charge in [-0.25, -0.2) is 4.98 Å². The number of nitrogens with one attached hydrogen (secondary N) is 1. The molecule has 186 valence electrons. The number of fused-ring (bicyclic) bond motifs is 2. The Labute approximate surface area is 224 Å². The Hall–Kier alpha value is -3.45. The molecule has 0 bridgehead atoms. The number of hydrogen-bond donors (Lipinski definition) is 1. The van der Waals surface area contributed by atoms with Crippen LogP contribution in [-0.2, 0) is 4.74 Å². The van der Waals surface area contributed by atoms with E-state index in [0.29, 0.717) is 10.0 Å². The van der Waals surface area contributed by atoms with Crippen LogP contribution in [0.2, 0.25) is 10.0 Å². The van der Waals surface area contributed by atoms with Crippen molar-refractivity contribution in [2.75, 3.05) is 18.5 Å². The molecule has 1 N–H and O–H groups in total. The molecule has 8 heteroatoms. The molecule has 0 saturated carbocycles. The number of nitrogens with zero attached hydrogens (tertiary/aromatic N) is 4. The molecule has 1 saturated heterocycles. The van der Waals surface area contributed by atoms with Crippen LogP contribution in [0.5, 0.6) is 0 Å². The number of aromatic nitrogens is 3. The van der Waals surface area contributed by atoms with Crippen LogP contribution >= 0.6 is 23.2 Å². The fourth-order valence-electron chi connectivity index (χ4n) is 4.72. The van der Waals surface area contributed by atoms with Gasteiger partial charge in [-0.05, 0) is 74.4 Å². The molecule has 2 aromatic carbocycles. The van der Waals surface area contributed by atoms with Crippen molar-refractivity contribution < 1.29 is 4.74 Å². The van der Waals surface area contributed by atoms with Crippen molar-refractivity contribution in [1.29, 1.82) is 0 Å². The van der Waals surface area contributed by atoms with Gasteiger partial charge < -0.3 is 14.6 Å². The quantitative estimate of drug-likeness (QED) is 0.255. The van der Waals surface area contributed by atoms with E-state index in [1.807, 2.05) is 55.5 Å². The van der Waals surface area contributed by atoms with E-state index in [9.17, 15) is 0 Å². The summed E-state index contributed by atoms with van der Waals surface area (Å²) in [6, 6.07) is 22.1. The predicted octanol–water partition coefficient (Wildman–Crippen LogP) is 6.96. The number of aryl methyl sites for hydroxylation is 1. The van der Waals surface area contributed by atoms with Crippen molar-refractivity contribution in [3.8, 4) is 17.1 Å². The maximum atomic E-state index is 6.45. The summed E-state index contributed by atoms with van der Waals surface area (Å²) in [7, 11) is 0. The van der Waals surface area contributed by atoms with Gasteiger partial charge in [-0.1, -0.05) is 35.3 Å². The van der Waals surface area contributed by atoms with Crippen molar-refractivity contribution in [1.82, 2.24) is 14.5 Å². The number of para-hydroxylation sites is 2. The highest BCUT2D eigenvalue weighted by molar-refractivity contribution is 6.42. The molecular weight excluding hydrogens is 505 g/mol. The number of ether oxygens (including phenoxy) is 1. The Bertz CT molecular complexity index is 1640. The van der Waals surface area contributed by atoms with Crippen LogP contribution in [0.15, 0.2) is 77.9 Å². The van der Waals surface area contributed by atoms with Crippen molar-refractivity contribution in [3.05, 3.63) is 94.0 Å². The molecular formula is C29H25Cl2N5O. The normalized spacial score (nSPS) is 14.9. The minimum atomic E-state index is 0.189. The first-order valence-electron chi connectivity index (χ1n) is 12.3.